The van der Waals surface area contributed by atoms with E-state index in [1.807, 2.05) is 0 Å². The minimum absolute atomic E-state index is 0.0787. The fourth-order valence-corrected chi connectivity index (χ4v) is 7.84. The third-order valence-corrected chi connectivity index (χ3v) is 12.0. The molecule has 0 bridgehead atoms. The van der Waals surface area contributed by atoms with Crippen molar-refractivity contribution in [1.29, 1.82) is 0 Å². The molecule has 0 amide bonds. The van der Waals surface area contributed by atoms with Gasteiger partial charge in [0.2, 0.25) is 0 Å². The molecule has 1 unspecified atom stereocenters. The number of carbonyl (C=O) groups is 3. The molecule has 1 atom stereocenters. The van der Waals surface area contributed by atoms with Crippen LogP contribution in [0.3, 0.4) is 0 Å². The van der Waals surface area contributed by atoms with Gasteiger partial charge in [-0.05, 0) is 83.5 Å². The minimum atomic E-state index is -0.778. The largest absolute Gasteiger partial charge is 0.462 e. The van der Waals surface area contributed by atoms with Gasteiger partial charge in [0, 0.05) is 19.3 Å². The molecule has 0 saturated heterocycles. The fraction of sp³-hybridized carbons (Fsp3) is 0.780. The molecule has 0 aromatic rings. The van der Waals surface area contributed by atoms with E-state index in [9.17, 15) is 14.4 Å². The van der Waals surface area contributed by atoms with Gasteiger partial charge in [0.15, 0.2) is 6.10 Å². The zero-order chi connectivity index (χ0) is 47.2. The molecule has 0 N–H and O–H groups in total. The first-order chi connectivity index (χ1) is 32.0. The summed E-state index contributed by atoms with van der Waals surface area (Å²) in [6.07, 6.45) is 66.3. The van der Waals surface area contributed by atoms with Crippen LogP contribution in [-0.2, 0) is 28.6 Å². The predicted octanol–water partition coefficient (Wildman–Crippen LogP) is 18.4. The van der Waals surface area contributed by atoms with Crippen LogP contribution in [0.1, 0.15) is 278 Å². The number of allylic oxidation sites excluding steroid dienone is 10. The average Bonchev–Trinajstić information content (AvgIpc) is 3.30. The Hall–Kier alpha value is -2.89. The van der Waals surface area contributed by atoms with E-state index in [2.05, 4.69) is 81.5 Å². The molecule has 0 aliphatic rings. The lowest BCUT2D eigenvalue weighted by Gasteiger charge is -2.18. The summed E-state index contributed by atoms with van der Waals surface area (Å²) in [6.45, 7) is 6.51. The lowest BCUT2D eigenvalue weighted by Crippen LogP contribution is -2.30. The first-order valence-corrected chi connectivity index (χ1v) is 27.8. The lowest BCUT2D eigenvalue weighted by molar-refractivity contribution is -0.167. The smallest absolute Gasteiger partial charge is 0.306 e. The number of unbranched alkanes of at least 4 members (excludes halogenated alkanes) is 29. The van der Waals surface area contributed by atoms with E-state index in [-0.39, 0.29) is 31.1 Å². The van der Waals surface area contributed by atoms with Crippen molar-refractivity contribution in [3.8, 4) is 0 Å². The number of hydrogen-bond acceptors (Lipinski definition) is 6. The molecule has 0 aliphatic heterocycles. The van der Waals surface area contributed by atoms with Crippen LogP contribution >= 0.6 is 0 Å². The van der Waals surface area contributed by atoms with Crippen LogP contribution in [0.15, 0.2) is 60.8 Å². The zero-order valence-corrected chi connectivity index (χ0v) is 43.0. The Bertz CT molecular complexity index is 1180. The molecular formula is C59H104O6. The highest BCUT2D eigenvalue weighted by molar-refractivity contribution is 5.71. The van der Waals surface area contributed by atoms with Crippen LogP contribution in [0.2, 0.25) is 0 Å². The highest BCUT2D eigenvalue weighted by atomic mass is 16.6. The second kappa shape index (κ2) is 53.7. The van der Waals surface area contributed by atoms with Gasteiger partial charge in [0.05, 0.1) is 0 Å². The third-order valence-electron chi connectivity index (χ3n) is 12.0. The van der Waals surface area contributed by atoms with E-state index in [0.29, 0.717) is 19.3 Å². The Morgan fingerprint density at radius 2 is 0.600 bits per heavy atom. The van der Waals surface area contributed by atoms with E-state index >= 15 is 0 Å². The maximum absolute atomic E-state index is 12.8. The van der Waals surface area contributed by atoms with Crippen molar-refractivity contribution in [3.05, 3.63) is 60.8 Å². The average molecular weight is 909 g/mol. The SMILES string of the molecule is CC/C=C\C/C=C\C/C=C\C/C=C\CCCCCCCCCCC(=O)OCC(COC(=O)CCCCCCC/C=C\CCCCC)OC(=O)CCCCCCCCCCCCCCCC. The van der Waals surface area contributed by atoms with E-state index in [4.69, 9.17) is 14.2 Å². The Morgan fingerprint density at radius 3 is 0.985 bits per heavy atom. The fourth-order valence-electron chi connectivity index (χ4n) is 7.84. The van der Waals surface area contributed by atoms with E-state index < -0.39 is 6.10 Å². The molecule has 0 aromatic carbocycles. The van der Waals surface area contributed by atoms with Crippen molar-refractivity contribution >= 4 is 17.9 Å². The number of rotatable bonds is 50. The molecule has 0 radical (unpaired) electrons. The van der Waals surface area contributed by atoms with Crippen LogP contribution in [0.25, 0.3) is 0 Å². The minimum Gasteiger partial charge on any atom is -0.462 e. The molecule has 0 rings (SSSR count). The van der Waals surface area contributed by atoms with Gasteiger partial charge in [-0.3, -0.25) is 14.4 Å². The van der Waals surface area contributed by atoms with Crippen molar-refractivity contribution in [1.82, 2.24) is 0 Å². The molecule has 0 heterocycles. The Labute approximate surface area is 402 Å². The maximum Gasteiger partial charge on any atom is 0.306 e. The second-order valence-corrected chi connectivity index (χ2v) is 18.5. The molecule has 65 heavy (non-hydrogen) atoms. The summed E-state index contributed by atoms with van der Waals surface area (Å²) in [5.41, 5.74) is 0. The maximum atomic E-state index is 12.8. The summed E-state index contributed by atoms with van der Waals surface area (Å²) >= 11 is 0. The number of hydrogen-bond donors (Lipinski definition) is 0. The van der Waals surface area contributed by atoms with Crippen molar-refractivity contribution in [2.75, 3.05) is 13.2 Å². The van der Waals surface area contributed by atoms with Gasteiger partial charge in [-0.1, -0.05) is 236 Å². The topological polar surface area (TPSA) is 78.9 Å². The highest BCUT2D eigenvalue weighted by Crippen LogP contribution is 2.16. The van der Waals surface area contributed by atoms with Crippen LogP contribution < -0.4 is 0 Å². The van der Waals surface area contributed by atoms with Gasteiger partial charge in [0.25, 0.3) is 0 Å². The van der Waals surface area contributed by atoms with Crippen molar-refractivity contribution in [3.63, 3.8) is 0 Å². The molecule has 0 aliphatic carbocycles. The molecule has 6 nitrogen and oxygen atoms in total. The van der Waals surface area contributed by atoms with Gasteiger partial charge in [0.1, 0.15) is 13.2 Å². The van der Waals surface area contributed by atoms with Gasteiger partial charge in [-0.15, -0.1) is 0 Å². The lowest BCUT2D eigenvalue weighted by atomic mass is 10.0. The Kier molecular flexibility index (Phi) is 51.3. The van der Waals surface area contributed by atoms with Gasteiger partial charge >= 0.3 is 17.9 Å². The number of esters is 3. The first-order valence-electron chi connectivity index (χ1n) is 27.8. The van der Waals surface area contributed by atoms with Crippen molar-refractivity contribution in [2.45, 2.75) is 284 Å². The quantitative estimate of drug-likeness (QED) is 0.0262. The Balaban J connectivity index is 4.33. The monoisotopic (exact) mass is 909 g/mol. The molecule has 0 fully saturated rings. The number of ether oxygens (including phenoxy) is 3. The van der Waals surface area contributed by atoms with Gasteiger partial charge < -0.3 is 14.2 Å². The van der Waals surface area contributed by atoms with Crippen LogP contribution in [-0.4, -0.2) is 37.2 Å². The standard InChI is InChI=1S/C59H104O6/c1-4-7-10-13-16-19-22-25-27-28-29-30-31-32-33-35-37-40-43-46-49-52-58(61)64-55-56(54-63-57(60)51-48-45-42-39-36-24-21-18-15-12-9-6-3)65-59(62)53-50-47-44-41-38-34-26-23-20-17-14-11-8-5-2/h7,10,16,18-19,21,25,27,29-30,56H,4-6,8-9,11-15,17,20,22-24,26,28,31-55H2,1-3H3/b10-7-,19-16-,21-18-,27-25-,30-29-. The molecular weight excluding hydrogens is 805 g/mol. The third kappa shape index (κ3) is 51.9. The molecule has 6 heteroatoms. The first kappa shape index (κ1) is 62.1. The van der Waals surface area contributed by atoms with Gasteiger partial charge in [-0.25, -0.2) is 0 Å². The molecule has 0 saturated carbocycles. The summed E-state index contributed by atoms with van der Waals surface area (Å²) in [5.74, 6) is -0.885. The molecule has 0 spiro atoms. The summed E-state index contributed by atoms with van der Waals surface area (Å²) in [4.78, 5) is 38.1. The summed E-state index contributed by atoms with van der Waals surface area (Å²) in [6, 6.07) is 0. The van der Waals surface area contributed by atoms with E-state index in [1.165, 1.54) is 141 Å². The Morgan fingerprint density at radius 1 is 0.323 bits per heavy atom. The number of carbonyl (C=O) groups excluding carboxylic acids is 3. The zero-order valence-electron chi connectivity index (χ0n) is 43.0. The normalized spacial score (nSPS) is 12.5. The van der Waals surface area contributed by atoms with E-state index in [1.54, 1.807) is 0 Å². The van der Waals surface area contributed by atoms with Crippen LogP contribution in [0.4, 0.5) is 0 Å². The highest BCUT2D eigenvalue weighted by Gasteiger charge is 2.19. The second-order valence-electron chi connectivity index (χ2n) is 18.5. The van der Waals surface area contributed by atoms with Crippen LogP contribution in [0.5, 0.6) is 0 Å². The predicted molar refractivity (Wildman–Crippen MR) is 279 cm³/mol. The summed E-state index contributed by atoms with van der Waals surface area (Å²) < 4.78 is 16.8. The van der Waals surface area contributed by atoms with Gasteiger partial charge in [-0.2, -0.15) is 0 Å². The van der Waals surface area contributed by atoms with Crippen molar-refractivity contribution in [2.24, 2.45) is 0 Å². The summed E-state index contributed by atoms with van der Waals surface area (Å²) in [5, 5.41) is 0. The molecule has 376 valence electrons. The summed E-state index contributed by atoms with van der Waals surface area (Å²) in [7, 11) is 0. The van der Waals surface area contributed by atoms with E-state index in [0.717, 1.165) is 96.3 Å². The molecule has 0 aromatic heterocycles. The van der Waals surface area contributed by atoms with Crippen molar-refractivity contribution < 1.29 is 28.6 Å². The van der Waals surface area contributed by atoms with Crippen LogP contribution in [0, 0.1) is 0 Å².